The number of aliphatic hydroxyl groups is 1. The van der Waals surface area contributed by atoms with E-state index in [0.29, 0.717) is 22.7 Å². The van der Waals surface area contributed by atoms with E-state index in [1.54, 1.807) is 74.8 Å². The molecule has 1 fully saturated rings. The van der Waals surface area contributed by atoms with Gasteiger partial charge in [-0.05, 0) is 70.2 Å². The number of aliphatic hydroxyl groups excluding tert-OH is 1. The highest BCUT2D eigenvalue weighted by Crippen LogP contribution is 2.75. The zero-order chi connectivity index (χ0) is 83.7. The number of unbranched alkanes of at least 4 members (excludes halogenated alkanes) is 3. The summed E-state index contributed by atoms with van der Waals surface area (Å²) in [5.74, 6) is -5.77. The number of phosphoric ester groups is 2. The van der Waals surface area contributed by atoms with E-state index in [4.69, 9.17) is 24.5 Å². The molecule has 112 heavy (non-hydrogen) atoms. The fourth-order valence-corrected chi connectivity index (χ4v) is 21.7. The molecule has 0 radical (unpaired) electrons. The number of amides is 1. The van der Waals surface area contributed by atoms with Crippen LogP contribution in [0.2, 0.25) is 0 Å². The van der Waals surface area contributed by atoms with E-state index >= 15 is 0 Å². The Bertz CT molecular complexity index is 5140. The van der Waals surface area contributed by atoms with Gasteiger partial charge in [-0.15, -0.1) is 0 Å². The molecule has 5 heterocycles. The molecular weight excluding hydrogens is 1710 g/mol. The van der Waals surface area contributed by atoms with Gasteiger partial charge < -0.3 is 69.2 Å². The number of nitrogens with two attached hydrogens (primary N) is 1. The van der Waals surface area contributed by atoms with Crippen molar-refractivity contribution >= 4 is 139 Å². The number of fused-ring (bicyclic) bond motifs is 3. The zero-order valence-electron chi connectivity index (χ0n) is 59.3. The Morgan fingerprint density at radius 2 is 1.22 bits per heavy atom. The molecule has 1 saturated heterocycles. The zero-order valence-corrected chi connectivity index (χ0v) is 67.9. The Kier molecular flexibility index (Phi) is 31.1. The van der Waals surface area contributed by atoms with Crippen LogP contribution in [0.25, 0.3) is 11.2 Å². The smallest absolute Gasteiger partial charge is 0.490 e. The van der Waals surface area contributed by atoms with Gasteiger partial charge in [-0.3, -0.25) is 32.1 Å². The van der Waals surface area contributed by atoms with E-state index in [-0.39, 0.29) is 122 Å². The summed E-state index contributed by atoms with van der Waals surface area (Å²) in [5.41, 5.74) is 5.64. The van der Waals surface area contributed by atoms with Gasteiger partial charge in [0, 0.05) is 66.2 Å². The average Bonchev–Trinajstić information content (AvgIpc) is 1.57. The van der Waals surface area contributed by atoms with Crippen molar-refractivity contribution in [2.75, 3.05) is 79.7 Å². The van der Waals surface area contributed by atoms with Crippen LogP contribution in [0.5, 0.6) is 0 Å². The Labute approximate surface area is 639 Å². The van der Waals surface area contributed by atoms with Gasteiger partial charge in [0.15, 0.2) is 17.2 Å². The third-order valence-electron chi connectivity index (χ3n) is 16.4. The van der Waals surface area contributed by atoms with Gasteiger partial charge in [0.05, 0.1) is 93.9 Å². The van der Waals surface area contributed by atoms with Crippen molar-refractivity contribution in [1.29, 1.82) is 0 Å². The number of carbonyl (C=O) groups is 3. The first-order valence-electron chi connectivity index (χ1n) is 32.8. The summed E-state index contributed by atoms with van der Waals surface area (Å²) >= 11 is 0. The summed E-state index contributed by atoms with van der Waals surface area (Å²) in [4.78, 5) is 115. The minimum absolute atomic E-state index is 0.00411. The first-order valence-corrected chi connectivity index (χ1v) is 48.2. The number of nitrogens with zero attached hydrogens (tertiary/aromatic N) is 6. The predicted molar refractivity (Wildman–Crippen MR) is 387 cm³/mol. The molecule has 2 aromatic heterocycles. The number of imidazole rings is 1. The molecule has 1 amide bonds. The second-order valence-corrected chi connectivity index (χ2v) is 41.3. The van der Waals surface area contributed by atoms with Crippen molar-refractivity contribution in [3.63, 3.8) is 0 Å². The van der Waals surface area contributed by atoms with Crippen LogP contribution >= 0.6 is 46.9 Å². The number of phosphoric acid groups is 6. The fraction of sp³-hybridized carbons (Fsp3) is 0.518. The Balaban J connectivity index is 0.941. The molecule has 9 atom stereocenters. The fourth-order valence-electron chi connectivity index (χ4n) is 11.9. The Morgan fingerprint density at radius 3 is 1.81 bits per heavy atom. The lowest BCUT2D eigenvalue weighted by atomic mass is 9.78. The quantitative estimate of drug-likeness (QED) is 0.00690. The molecule has 3 aliphatic heterocycles. The molecule has 3 aliphatic rings. The maximum atomic E-state index is 14.1. The molecule has 0 bridgehead atoms. The van der Waals surface area contributed by atoms with Crippen LogP contribution in [0.15, 0.2) is 79.1 Å². The SMILES string of the molecule is CC1(C)C(/C=C/C=C/C=C2/N(CCCS(=O)(=O)[O-])c3cc(C(=O)OCCCS(=O)(=O)O)cc(C(=O)OCCCS(=O)(=O)O)c3C2(C)C)=[N+](CCCS(=O)(=O)O)c2cccc(C(=O)NCCCCCCOP(=O)(O)OP(=O)(O)OP(=O)(O)OP(=O)(O)OP(=O)(O)OP(=O)(O)OC[C@H]3O[C@@H](n4cnc5c(N)ncnc54)CC3O)c21. The van der Waals surface area contributed by atoms with Crippen molar-refractivity contribution in [2.24, 2.45) is 0 Å². The number of ether oxygens (including phenoxy) is 3. The van der Waals surface area contributed by atoms with Crippen molar-refractivity contribution in [2.45, 2.75) is 115 Å². The summed E-state index contributed by atoms with van der Waals surface area (Å²) in [7, 11) is -55.8. The van der Waals surface area contributed by atoms with E-state index in [1.807, 2.05) is 0 Å². The van der Waals surface area contributed by atoms with E-state index in [9.17, 15) is 124 Å². The number of nitrogens with one attached hydrogen (secondary N) is 1. The average molecular weight is 1790 g/mol. The van der Waals surface area contributed by atoms with Crippen LogP contribution in [0.1, 0.15) is 134 Å². The number of hydrogen-bond donors (Lipinski definition) is 12. The first-order chi connectivity index (χ1) is 51.5. The van der Waals surface area contributed by atoms with Crippen molar-refractivity contribution < 1.29 is 178 Å². The molecule has 0 aliphatic carbocycles. The molecule has 2 aromatic carbocycles. The van der Waals surface area contributed by atoms with E-state index in [2.05, 4.69) is 50.9 Å². The number of allylic oxidation sites excluding steroid dienone is 6. The normalized spacial score (nSPS) is 20.9. The largest absolute Gasteiger partial charge is 0.748 e. The van der Waals surface area contributed by atoms with Crippen LogP contribution in [-0.2, 0) is 124 Å². The minimum atomic E-state index is -6.59. The van der Waals surface area contributed by atoms with Gasteiger partial charge in [-0.1, -0.05) is 51.0 Å². The highest BCUT2D eigenvalue weighted by Gasteiger charge is 2.52. The van der Waals surface area contributed by atoms with Gasteiger partial charge in [-0.25, -0.2) is 60.3 Å². The van der Waals surface area contributed by atoms with Gasteiger partial charge >= 0.3 is 58.9 Å². The van der Waals surface area contributed by atoms with Crippen LogP contribution < -0.4 is 16.0 Å². The third-order valence-corrected chi connectivity index (χ3v) is 28.8. The summed E-state index contributed by atoms with van der Waals surface area (Å²) in [5, 5.41) is 13.3. The van der Waals surface area contributed by atoms with Crippen LogP contribution in [0.4, 0.5) is 17.2 Å². The number of hydrogen-bond acceptors (Lipinski definition) is 34. The number of nitrogen functional groups attached to an aromatic ring is 1. The summed E-state index contributed by atoms with van der Waals surface area (Å²) in [6.07, 6.45) is 5.70. The summed E-state index contributed by atoms with van der Waals surface area (Å²) in [6, 6.07) is 7.20. The molecule has 4 aromatic rings. The minimum Gasteiger partial charge on any atom is -0.748 e. The monoisotopic (exact) mass is 1790 g/mol. The Hall–Kier alpha value is -5.69. The van der Waals surface area contributed by atoms with E-state index in [1.165, 1.54) is 27.9 Å². The lowest BCUT2D eigenvalue weighted by Crippen LogP contribution is -2.32. The summed E-state index contributed by atoms with van der Waals surface area (Å²) < 4.78 is 255. The molecular formula is C56H80N8O38P6S4. The molecule has 626 valence electrons. The highest BCUT2D eigenvalue weighted by molar-refractivity contribution is 7.86. The van der Waals surface area contributed by atoms with Gasteiger partial charge in [-0.2, -0.15) is 51.4 Å². The lowest BCUT2D eigenvalue weighted by Gasteiger charge is -2.27. The van der Waals surface area contributed by atoms with Crippen LogP contribution in [0, 0.1) is 0 Å². The standard InChI is InChI=1S/C56H80N8O38P6S4/c1-55(2)44(19-8-7-9-20-45-56(3,4)48-39(54(68)94-25-16-30-112(90,91)92)31-37(53(67)93-24-15-29-111(87,88)89)32-41(48)63(45)23-14-28-110(84,85)86)62(22-13-27-109(81,82)83)40-18-12-17-38(47(40)55)52(66)58-21-10-5-6-11-26-95-103(69,70)98-105(73,74)100-107(77,78)102-108(79,80)101-106(75,76)99-104(71,72)96-34-43-42(65)33-46(97-43)64-36-61-49-50(57)59-35-60-51(49)64/h7-9,12,17-20,31-32,35-36,42-43,46,65H,5-6,10-11,13-16,21-30,33-34H2,1-4H3,(H12-,57,58,59,60,66,69,70,71,72,73,74,75,76,77,78,79,80,81,82,83,84,85,86,87,88,89,90,91,92)/t42?,43-,46-/m1/s1. The van der Waals surface area contributed by atoms with Crippen molar-refractivity contribution in [1.82, 2.24) is 24.8 Å². The molecule has 0 saturated carbocycles. The summed E-state index contributed by atoms with van der Waals surface area (Å²) in [6.45, 7) is 3.86. The second-order valence-electron chi connectivity index (χ2n) is 25.7. The number of carbonyl (C=O) groups excluding carboxylic acids is 3. The van der Waals surface area contributed by atoms with Gasteiger partial charge in [0.25, 0.3) is 36.3 Å². The number of rotatable bonds is 44. The van der Waals surface area contributed by atoms with E-state index < -0.39 is 184 Å². The first kappa shape index (κ1) is 93.5. The molecule has 0 spiro atoms. The molecule has 13 N–H and O–H groups in total. The molecule has 56 heteroatoms. The number of benzene rings is 2. The van der Waals surface area contributed by atoms with Crippen LogP contribution in [-0.4, -0.2) is 215 Å². The topological polar surface area (TPSA) is 696 Å². The lowest BCUT2D eigenvalue weighted by molar-refractivity contribution is -0.437. The van der Waals surface area contributed by atoms with Crippen molar-refractivity contribution in [3.8, 4) is 0 Å². The van der Waals surface area contributed by atoms with E-state index in [0.717, 1.165) is 12.4 Å². The maximum Gasteiger partial charge on any atom is 0.490 e. The number of esters is 2. The van der Waals surface area contributed by atoms with Gasteiger partial charge in [0.2, 0.25) is 5.69 Å². The van der Waals surface area contributed by atoms with Crippen LogP contribution in [0.3, 0.4) is 0 Å². The number of anilines is 2. The number of aromatic nitrogens is 4. The molecule has 7 rings (SSSR count). The van der Waals surface area contributed by atoms with Crippen molar-refractivity contribution in [3.05, 3.63) is 107 Å². The third kappa shape index (κ3) is 27.5. The molecule has 46 nitrogen and oxygen atoms in total. The predicted octanol–water partition coefficient (Wildman–Crippen LogP) is 5.02. The Morgan fingerprint density at radius 1 is 0.661 bits per heavy atom. The van der Waals surface area contributed by atoms with Gasteiger partial charge in [0.1, 0.15) is 30.7 Å². The maximum absolute atomic E-state index is 14.1. The highest BCUT2D eigenvalue weighted by atomic mass is 32.2. The molecule has 7 unspecified atom stereocenters. The second kappa shape index (κ2) is 37.3.